The predicted octanol–water partition coefficient (Wildman–Crippen LogP) is 6.31. The molecular weight excluding hydrogens is 421 g/mol. The Morgan fingerprint density at radius 2 is 1.75 bits per heavy atom. The molecule has 0 amide bonds. The highest BCUT2D eigenvalue weighted by Crippen LogP contribution is 2.33. The van der Waals surface area contributed by atoms with E-state index in [2.05, 4.69) is 15.0 Å². The van der Waals surface area contributed by atoms with Gasteiger partial charge in [-0.15, -0.1) is 0 Å². The Balaban J connectivity index is 1.74. The fourth-order valence-corrected chi connectivity index (χ4v) is 2.63. The molecule has 9 heteroatoms. The lowest BCUT2D eigenvalue weighted by molar-refractivity contribution is -0.137. The minimum Gasteiger partial charge on any atom is -0.439 e. The molecule has 3 rings (SSSR count). The lowest BCUT2D eigenvalue weighted by atomic mass is 10.1. The molecule has 0 bridgehead atoms. The molecule has 0 spiro atoms. The molecule has 0 fully saturated rings. The highest BCUT2D eigenvalue weighted by molar-refractivity contribution is 5.64. The molecule has 0 aliphatic heterocycles. The molecule has 0 saturated carbocycles. The van der Waals surface area contributed by atoms with Crippen LogP contribution in [0.2, 0.25) is 0 Å². The summed E-state index contributed by atoms with van der Waals surface area (Å²) in [4.78, 5) is 14.6. The second-order valence-electron chi connectivity index (χ2n) is 7.13. The molecule has 0 aliphatic carbocycles. The molecule has 3 aromatic rings. The van der Waals surface area contributed by atoms with E-state index in [0.29, 0.717) is 5.75 Å². The average molecular weight is 444 g/mol. The van der Waals surface area contributed by atoms with Crippen LogP contribution in [0, 0.1) is 13.8 Å². The van der Waals surface area contributed by atoms with Gasteiger partial charge in [-0.2, -0.15) is 18.2 Å². The van der Waals surface area contributed by atoms with Gasteiger partial charge in [-0.25, -0.2) is 9.98 Å². The van der Waals surface area contributed by atoms with Crippen LogP contribution < -0.4 is 9.47 Å². The van der Waals surface area contributed by atoms with Gasteiger partial charge >= 0.3 is 12.2 Å². The van der Waals surface area contributed by atoms with E-state index in [0.717, 1.165) is 35.5 Å². The molecule has 1 aromatic heterocycles. The van der Waals surface area contributed by atoms with E-state index in [-0.39, 0.29) is 17.6 Å². The molecule has 32 heavy (non-hydrogen) atoms. The summed E-state index contributed by atoms with van der Waals surface area (Å²) in [6, 6.07) is 9.61. The summed E-state index contributed by atoms with van der Waals surface area (Å²) in [6.45, 7) is 6.73. The smallest absolute Gasteiger partial charge is 0.416 e. The van der Waals surface area contributed by atoms with Gasteiger partial charge in [0.2, 0.25) is 5.88 Å². The van der Waals surface area contributed by atoms with E-state index < -0.39 is 11.7 Å². The van der Waals surface area contributed by atoms with Crippen LogP contribution in [-0.4, -0.2) is 34.8 Å². The van der Waals surface area contributed by atoms with Gasteiger partial charge in [0.25, 0.3) is 0 Å². The van der Waals surface area contributed by atoms with Crippen molar-refractivity contribution in [1.29, 1.82) is 0 Å². The van der Waals surface area contributed by atoms with Gasteiger partial charge in [0, 0.05) is 25.9 Å². The number of halogens is 3. The third-order valence-corrected chi connectivity index (χ3v) is 4.60. The van der Waals surface area contributed by atoms with Crippen molar-refractivity contribution in [1.82, 2.24) is 14.9 Å². The van der Waals surface area contributed by atoms with E-state index in [9.17, 15) is 13.2 Å². The third kappa shape index (κ3) is 5.96. The second-order valence-corrected chi connectivity index (χ2v) is 7.13. The molecule has 0 atom stereocenters. The van der Waals surface area contributed by atoms with Gasteiger partial charge in [-0.3, -0.25) is 0 Å². The Morgan fingerprint density at radius 3 is 2.41 bits per heavy atom. The summed E-state index contributed by atoms with van der Waals surface area (Å²) in [5.41, 5.74) is 1.87. The highest BCUT2D eigenvalue weighted by Gasteiger charge is 2.30. The van der Waals surface area contributed by atoms with Crippen molar-refractivity contribution in [2.45, 2.75) is 26.9 Å². The second kappa shape index (κ2) is 9.67. The van der Waals surface area contributed by atoms with Crippen molar-refractivity contribution >= 4 is 12.0 Å². The molecule has 0 saturated heterocycles. The lowest BCUT2D eigenvalue weighted by Crippen LogP contribution is -2.14. The Kier molecular flexibility index (Phi) is 6.97. The fourth-order valence-electron chi connectivity index (χ4n) is 2.63. The summed E-state index contributed by atoms with van der Waals surface area (Å²) in [7, 11) is 1.95. The molecule has 0 aliphatic rings. The van der Waals surface area contributed by atoms with E-state index in [1.807, 2.05) is 44.9 Å². The van der Waals surface area contributed by atoms with Crippen LogP contribution in [0.1, 0.15) is 23.6 Å². The maximum atomic E-state index is 12.7. The number of hydrogen-bond acceptors (Lipinski definition) is 5. The van der Waals surface area contributed by atoms with Crippen molar-refractivity contribution in [3.8, 4) is 23.4 Å². The Hall–Kier alpha value is -3.62. The number of alkyl halides is 3. The topological polar surface area (TPSA) is 59.8 Å². The van der Waals surface area contributed by atoms with Crippen LogP contribution in [0.3, 0.4) is 0 Å². The number of aliphatic imine (C=N–C) groups is 1. The largest absolute Gasteiger partial charge is 0.439 e. The van der Waals surface area contributed by atoms with Gasteiger partial charge in [0.1, 0.15) is 11.5 Å². The van der Waals surface area contributed by atoms with E-state index in [1.165, 1.54) is 18.3 Å². The molecule has 1 heterocycles. The number of aryl methyl sites for hydroxylation is 2. The van der Waals surface area contributed by atoms with Gasteiger partial charge in [-0.1, -0.05) is 0 Å². The minimum absolute atomic E-state index is 0.0412. The van der Waals surface area contributed by atoms with Gasteiger partial charge in [0.05, 0.1) is 17.6 Å². The minimum atomic E-state index is -4.41. The summed E-state index contributed by atoms with van der Waals surface area (Å²) in [5.74, 6) is 1.03. The zero-order valence-electron chi connectivity index (χ0n) is 18.1. The van der Waals surface area contributed by atoms with Crippen molar-refractivity contribution in [3.63, 3.8) is 0 Å². The maximum absolute atomic E-state index is 12.7. The average Bonchev–Trinajstić information content (AvgIpc) is 2.75. The first-order valence-corrected chi connectivity index (χ1v) is 9.87. The van der Waals surface area contributed by atoms with E-state index >= 15 is 0 Å². The molecule has 0 N–H and O–H groups in total. The first kappa shape index (κ1) is 23.1. The van der Waals surface area contributed by atoms with Crippen LogP contribution in [0.25, 0.3) is 0 Å². The van der Waals surface area contributed by atoms with Crippen LogP contribution >= 0.6 is 0 Å². The normalized spacial score (nSPS) is 11.6. The highest BCUT2D eigenvalue weighted by atomic mass is 19.4. The third-order valence-electron chi connectivity index (χ3n) is 4.60. The van der Waals surface area contributed by atoms with Crippen molar-refractivity contribution < 1.29 is 22.6 Å². The number of nitrogens with zero attached hydrogens (tertiary/aromatic N) is 4. The number of hydrogen-bond donors (Lipinski definition) is 0. The van der Waals surface area contributed by atoms with Gasteiger partial charge in [-0.05, 0) is 68.3 Å². The summed E-state index contributed by atoms with van der Waals surface area (Å²) in [5, 5.41) is 0. The first-order chi connectivity index (χ1) is 15.2. The molecule has 0 unspecified atom stereocenters. The molecule has 2 aromatic carbocycles. The Morgan fingerprint density at radius 1 is 1.03 bits per heavy atom. The van der Waals surface area contributed by atoms with Crippen LogP contribution in [-0.2, 0) is 6.18 Å². The maximum Gasteiger partial charge on any atom is 0.416 e. The summed E-state index contributed by atoms with van der Waals surface area (Å²) in [6.07, 6.45) is -1.19. The van der Waals surface area contributed by atoms with Crippen molar-refractivity contribution in [2.24, 2.45) is 4.99 Å². The van der Waals surface area contributed by atoms with Crippen molar-refractivity contribution in [3.05, 3.63) is 65.4 Å². The summed E-state index contributed by atoms with van der Waals surface area (Å²) < 4.78 is 49.4. The van der Waals surface area contributed by atoms with E-state index in [1.54, 1.807) is 12.4 Å². The van der Waals surface area contributed by atoms with Gasteiger partial charge < -0.3 is 14.4 Å². The Labute approximate surface area is 184 Å². The van der Waals surface area contributed by atoms with E-state index in [4.69, 9.17) is 9.47 Å². The van der Waals surface area contributed by atoms with Crippen molar-refractivity contribution in [2.75, 3.05) is 13.6 Å². The monoisotopic (exact) mass is 444 g/mol. The molecule has 0 radical (unpaired) electrons. The Bertz CT molecular complexity index is 1100. The van der Waals surface area contributed by atoms with Crippen LogP contribution in [0.4, 0.5) is 18.9 Å². The summed E-state index contributed by atoms with van der Waals surface area (Å²) >= 11 is 0. The van der Waals surface area contributed by atoms with Gasteiger partial charge in [0.15, 0.2) is 0 Å². The predicted molar refractivity (Wildman–Crippen MR) is 116 cm³/mol. The number of benzene rings is 2. The zero-order valence-corrected chi connectivity index (χ0v) is 18.1. The molecule has 6 nitrogen and oxygen atoms in total. The first-order valence-electron chi connectivity index (χ1n) is 9.87. The molecular formula is C23H23F3N4O2. The fraction of sp³-hybridized carbons (Fsp3) is 0.261. The molecule has 168 valence electrons. The van der Waals surface area contributed by atoms with Crippen LogP contribution in [0.5, 0.6) is 23.4 Å². The van der Waals surface area contributed by atoms with Crippen LogP contribution in [0.15, 0.2) is 53.7 Å². The SMILES string of the molecule is CCN(C)C=Nc1cc(C)c(Oc2ccnc(Oc3ccc(C(F)(F)F)cc3)n2)cc1C. The number of ether oxygens (including phenoxy) is 2. The zero-order chi connectivity index (χ0) is 23.3. The lowest BCUT2D eigenvalue weighted by Gasteiger charge is -2.13. The standard InChI is InChI=1S/C23H23F3N4O2/c1-5-30(4)14-28-19-12-16(3)20(13-15(19)2)32-21-10-11-27-22(29-21)31-18-8-6-17(7-9-18)23(24,25)26/h6-14H,5H2,1-4H3. The number of rotatable bonds is 7. The quantitative estimate of drug-likeness (QED) is 0.316. The number of aromatic nitrogens is 2.